The van der Waals surface area contributed by atoms with Crippen molar-refractivity contribution in [2.75, 3.05) is 20.3 Å². The summed E-state index contributed by atoms with van der Waals surface area (Å²) >= 11 is 0. The third-order valence-electron chi connectivity index (χ3n) is 5.07. The monoisotopic (exact) mass is 408 g/mol. The Morgan fingerprint density at radius 1 is 1.03 bits per heavy atom. The molecule has 1 aliphatic carbocycles. The highest BCUT2D eigenvalue weighted by Crippen LogP contribution is 2.29. The Morgan fingerprint density at radius 3 is 2.67 bits per heavy atom. The minimum absolute atomic E-state index is 0.318. The zero-order valence-electron chi connectivity index (χ0n) is 16.4. The summed E-state index contributed by atoms with van der Waals surface area (Å²) < 4.78 is 21.0. The van der Waals surface area contributed by atoms with Gasteiger partial charge in [0.2, 0.25) is 5.78 Å². The number of benzene rings is 2. The molecule has 0 radical (unpaired) electrons. The van der Waals surface area contributed by atoms with Crippen LogP contribution in [0.25, 0.3) is 11.0 Å². The van der Waals surface area contributed by atoms with Gasteiger partial charge in [0, 0.05) is 17.0 Å². The highest BCUT2D eigenvalue weighted by Gasteiger charge is 2.20. The average Bonchev–Trinajstić information content (AvgIpc) is 3.26. The number of carbonyl (C=O) groups is 2. The van der Waals surface area contributed by atoms with Gasteiger partial charge in [-0.2, -0.15) is 0 Å². The molecule has 0 unspecified atom stereocenters. The third kappa shape index (κ3) is 3.91. The van der Waals surface area contributed by atoms with Crippen LogP contribution >= 0.6 is 0 Å². The van der Waals surface area contributed by atoms with Gasteiger partial charge in [0.25, 0.3) is 0 Å². The Hall–Kier alpha value is -3.61. The van der Waals surface area contributed by atoms with E-state index in [1.807, 2.05) is 6.07 Å². The van der Waals surface area contributed by atoms with E-state index in [1.54, 1.807) is 36.4 Å². The summed E-state index contributed by atoms with van der Waals surface area (Å²) in [6.07, 6.45) is 2.53. The Balaban J connectivity index is 1.37. The summed E-state index contributed by atoms with van der Waals surface area (Å²) in [6.45, 7) is -0.790. The largest absolute Gasteiger partial charge is 0.496 e. The molecule has 3 aromatic rings. The van der Waals surface area contributed by atoms with Gasteiger partial charge in [0.15, 0.2) is 13.2 Å². The normalized spacial score (nSPS) is 12.4. The van der Waals surface area contributed by atoms with E-state index in [-0.39, 0.29) is 18.0 Å². The van der Waals surface area contributed by atoms with Crippen LogP contribution in [0.1, 0.15) is 27.9 Å². The Labute approximate surface area is 172 Å². The molecule has 0 N–H and O–H groups in total. The molecule has 1 aromatic heterocycles. The minimum Gasteiger partial charge on any atom is -0.496 e. The molecule has 0 saturated heterocycles. The predicted octanol–water partition coefficient (Wildman–Crippen LogP) is 3.10. The number of carbonyl (C=O) groups excluding carboxylic acids is 2. The van der Waals surface area contributed by atoms with Crippen LogP contribution in [0.3, 0.4) is 0 Å². The Morgan fingerprint density at radius 2 is 1.83 bits per heavy atom. The number of fused-ring (bicyclic) bond motifs is 3. The second-order valence-electron chi connectivity index (χ2n) is 6.93. The molecule has 0 amide bonds. The molecule has 0 fully saturated rings. The maximum absolute atomic E-state index is 12.2. The van der Waals surface area contributed by atoms with E-state index in [0.717, 1.165) is 35.8 Å². The fraction of sp³-hybridized carbons (Fsp3) is 0.261. The standard InChI is InChI=1S/C23H20O7/c1-27-20-8-3-2-5-18(20)19(24)12-29-22(25)13-28-14-9-10-16-15-6-4-7-17(15)23(26)30-21(16)11-14/h2-3,5,8-11H,4,6-7,12-13H2,1H3. The van der Waals surface area contributed by atoms with Crippen molar-refractivity contribution in [2.24, 2.45) is 0 Å². The van der Waals surface area contributed by atoms with Crippen molar-refractivity contribution in [1.29, 1.82) is 0 Å². The molecule has 30 heavy (non-hydrogen) atoms. The SMILES string of the molecule is COc1ccccc1C(=O)COC(=O)COc1ccc2c3c(c(=O)oc2c1)CCC3. The fourth-order valence-electron chi connectivity index (χ4n) is 3.64. The molecular weight excluding hydrogens is 388 g/mol. The maximum Gasteiger partial charge on any atom is 0.344 e. The molecule has 1 aliphatic rings. The number of aryl methyl sites for hydroxylation is 1. The van der Waals surface area contributed by atoms with Crippen molar-refractivity contribution in [1.82, 2.24) is 0 Å². The molecule has 2 aromatic carbocycles. The second-order valence-corrected chi connectivity index (χ2v) is 6.93. The van der Waals surface area contributed by atoms with Crippen molar-refractivity contribution in [3.8, 4) is 11.5 Å². The van der Waals surface area contributed by atoms with Gasteiger partial charge in [-0.05, 0) is 49.1 Å². The van der Waals surface area contributed by atoms with Crippen LogP contribution in [0, 0.1) is 0 Å². The lowest BCUT2D eigenvalue weighted by molar-refractivity contribution is -0.144. The lowest BCUT2D eigenvalue weighted by Gasteiger charge is -2.10. The highest BCUT2D eigenvalue weighted by atomic mass is 16.6. The van der Waals surface area contributed by atoms with Gasteiger partial charge in [0.1, 0.15) is 17.1 Å². The van der Waals surface area contributed by atoms with E-state index < -0.39 is 12.6 Å². The number of ether oxygens (including phenoxy) is 3. The molecule has 7 nitrogen and oxygen atoms in total. The summed E-state index contributed by atoms with van der Waals surface area (Å²) in [7, 11) is 1.46. The van der Waals surface area contributed by atoms with E-state index >= 15 is 0 Å². The van der Waals surface area contributed by atoms with Crippen LogP contribution in [0.15, 0.2) is 51.7 Å². The van der Waals surface area contributed by atoms with Crippen LogP contribution in [-0.4, -0.2) is 32.1 Å². The number of esters is 1. The van der Waals surface area contributed by atoms with E-state index in [1.165, 1.54) is 7.11 Å². The topological polar surface area (TPSA) is 92.0 Å². The van der Waals surface area contributed by atoms with Crippen LogP contribution in [0.5, 0.6) is 11.5 Å². The molecular formula is C23H20O7. The molecule has 0 spiro atoms. The zero-order valence-corrected chi connectivity index (χ0v) is 16.4. The first-order chi connectivity index (χ1) is 14.6. The first kappa shape index (κ1) is 19.7. The van der Waals surface area contributed by atoms with Gasteiger partial charge in [-0.3, -0.25) is 4.79 Å². The number of methoxy groups -OCH3 is 1. The van der Waals surface area contributed by atoms with Gasteiger partial charge < -0.3 is 18.6 Å². The van der Waals surface area contributed by atoms with Gasteiger partial charge in [-0.25, -0.2) is 9.59 Å². The van der Waals surface area contributed by atoms with Gasteiger partial charge in [0.05, 0.1) is 12.7 Å². The third-order valence-corrected chi connectivity index (χ3v) is 5.07. The number of rotatable bonds is 7. The molecule has 154 valence electrons. The van der Waals surface area contributed by atoms with Crippen molar-refractivity contribution in [3.05, 3.63) is 69.6 Å². The predicted molar refractivity (Wildman–Crippen MR) is 108 cm³/mol. The molecule has 0 bridgehead atoms. The summed E-state index contributed by atoms with van der Waals surface area (Å²) in [5, 5.41) is 0.888. The van der Waals surface area contributed by atoms with Crippen LogP contribution < -0.4 is 15.1 Å². The Bertz CT molecular complexity index is 1180. The van der Waals surface area contributed by atoms with Crippen LogP contribution in [-0.2, 0) is 22.4 Å². The van der Waals surface area contributed by atoms with Crippen LogP contribution in [0.4, 0.5) is 0 Å². The van der Waals surface area contributed by atoms with Crippen LogP contribution in [0.2, 0.25) is 0 Å². The Kier molecular flexibility index (Phi) is 5.52. The maximum atomic E-state index is 12.2. The fourth-order valence-corrected chi connectivity index (χ4v) is 3.64. The van der Waals surface area contributed by atoms with E-state index in [2.05, 4.69) is 0 Å². The smallest absolute Gasteiger partial charge is 0.344 e. The lowest BCUT2D eigenvalue weighted by atomic mass is 10.1. The number of hydrogen-bond acceptors (Lipinski definition) is 7. The van der Waals surface area contributed by atoms with Crippen molar-refractivity contribution >= 4 is 22.7 Å². The number of hydrogen-bond donors (Lipinski definition) is 0. The first-order valence-electron chi connectivity index (χ1n) is 9.60. The number of Topliss-reactive ketones (excluding diaryl/α,β-unsaturated/α-hetero) is 1. The highest BCUT2D eigenvalue weighted by molar-refractivity contribution is 6.00. The lowest BCUT2D eigenvalue weighted by Crippen LogP contribution is -2.19. The summed E-state index contributed by atoms with van der Waals surface area (Å²) in [6, 6.07) is 11.8. The van der Waals surface area contributed by atoms with E-state index in [9.17, 15) is 14.4 Å². The quantitative estimate of drug-likeness (QED) is 0.337. The molecule has 0 atom stereocenters. The molecule has 0 aliphatic heterocycles. The first-order valence-corrected chi connectivity index (χ1v) is 9.60. The number of para-hydroxylation sites is 1. The van der Waals surface area contributed by atoms with Gasteiger partial charge in [-0.15, -0.1) is 0 Å². The molecule has 0 saturated carbocycles. The summed E-state index contributed by atoms with van der Waals surface area (Å²) in [5.74, 6) is -0.272. The molecule has 7 heteroatoms. The zero-order chi connectivity index (χ0) is 21.1. The van der Waals surface area contributed by atoms with Gasteiger partial charge in [-0.1, -0.05) is 12.1 Å². The molecule has 4 rings (SSSR count). The summed E-state index contributed by atoms with van der Waals surface area (Å²) in [5.41, 5.74) is 2.23. The van der Waals surface area contributed by atoms with Crippen molar-refractivity contribution < 1.29 is 28.2 Å². The van der Waals surface area contributed by atoms with E-state index in [0.29, 0.717) is 22.6 Å². The van der Waals surface area contributed by atoms with Crippen molar-refractivity contribution in [2.45, 2.75) is 19.3 Å². The number of ketones is 1. The minimum atomic E-state index is -0.686. The van der Waals surface area contributed by atoms with Gasteiger partial charge >= 0.3 is 11.6 Å². The molecule has 1 heterocycles. The average molecular weight is 408 g/mol. The second kappa shape index (κ2) is 8.41. The summed E-state index contributed by atoms with van der Waals surface area (Å²) in [4.78, 5) is 36.3. The van der Waals surface area contributed by atoms with Crippen molar-refractivity contribution in [3.63, 3.8) is 0 Å². The van der Waals surface area contributed by atoms with E-state index in [4.69, 9.17) is 18.6 Å².